The summed E-state index contributed by atoms with van der Waals surface area (Å²) in [7, 11) is 1.03. The third-order valence-corrected chi connectivity index (χ3v) is 8.63. The first-order valence-electron chi connectivity index (χ1n) is 11.2. The van der Waals surface area contributed by atoms with E-state index in [2.05, 4.69) is 0 Å². The zero-order valence-corrected chi connectivity index (χ0v) is 20.9. The first-order chi connectivity index (χ1) is 17.0. The number of nitrogens with zero attached hydrogens (tertiary/aromatic N) is 4. The van der Waals surface area contributed by atoms with Crippen molar-refractivity contribution >= 4 is 24.5 Å². The number of rotatable bonds is 6. The fourth-order valence-corrected chi connectivity index (χ4v) is 6.72. The van der Waals surface area contributed by atoms with E-state index in [0.29, 0.717) is 65.9 Å². The van der Waals surface area contributed by atoms with Crippen molar-refractivity contribution in [2.45, 2.75) is 6.92 Å². The Hall–Kier alpha value is -3.33. The summed E-state index contributed by atoms with van der Waals surface area (Å²) in [5.74, 6) is 1.97. The Kier molecular flexibility index (Phi) is 6.27. The van der Waals surface area contributed by atoms with E-state index in [4.69, 9.17) is 33.6 Å². The Morgan fingerprint density at radius 3 is 2.23 bits per heavy atom. The highest BCUT2D eigenvalue weighted by molar-refractivity contribution is 7.65. The lowest BCUT2D eigenvalue weighted by molar-refractivity contribution is 0.0689. The number of methoxy groups -OCH3 is 3. The van der Waals surface area contributed by atoms with Gasteiger partial charge in [-0.1, -0.05) is 18.2 Å². The Morgan fingerprint density at radius 2 is 1.63 bits per heavy atom. The molecule has 3 aromatic rings. The van der Waals surface area contributed by atoms with Crippen LogP contribution in [0, 0.1) is 6.92 Å². The van der Waals surface area contributed by atoms with E-state index in [1.54, 1.807) is 16.8 Å². The van der Waals surface area contributed by atoms with Gasteiger partial charge in [-0.2, -0.15) is 10.1 Å². The Morgan fingerprint density at radius 1 is 0.971 bits per heavy atom. The van der Waals surface area contributed by atoms with E-state index in [-0.39, 0.29) is 5.90 Å². The highest BCUT2D eigenvalue weighted by atomic mass is 31.2. The lowest BCUT2D eigenvalue weighted by Crippen LogP contribution is -2.39. The summed E-state index contributed by atoms with van der Waals surface area (Å²) in [4.78, 5) is 4.82. The fourth-order valence-electron chi connectivity index (χ4n) is 4.30. The van der Waals surface area contributed by atoms with Crippen molar-refractivity contribution in [3.05, 3.63) is 53.7 Å². The highest BCUT2D eigenvalue weighted by Crippen LogP contribution is 2.56. The number of para-hydroxylation sites is 1. The lowest BCUT2D eigenvalue weighted by atomic mass is 10.1. The van der Waals surface area contributed by atoms with Gasteiger partial charge in [0, 0.05) is 18.7 Å². The third kappa shape index (κ3) is 3.97. The Balaban J connectivity index is 1.73. The predicted octanol–water partition coefficient (Wildman–Crippen LogP) is 3.47. The molecule has 1 atom stereocenters. The molecule has 0 unspecified atom stereocenters. The molecule has 2 aromatic carbocycles. The zero-order valence-electron chi connectivity index (χ0n) is 20.1. The number of benzene rings is 2. The summed E-state index contributed by atoms with van der Waals surface area (Å²) in [5.41, 5.74) is 1.95. The first kappa shape index (κ1) is 23.4. The second-order valence-corrected chi connectivity index (χ2v) is 10.2. The van der Waals surface area contributed by atoms with Crippen molar-refractivity contribution in [3.8, 4) is 22.9 Å². The van der Waals surface area contributed by atoms with Crippen LogP contribution in [0.4, 0.5) is 5.82 Å². The molecule has 184 valence electrons. The molecule has 0 radical (unpaired) electrons. The maximum absolute atomic E-state index is 14.7. The molecule has 11 heteroatoms. The Labute approximate surface area is 203 Å². The monoisotopic (exact) mass is 498 g/mol. The van der Waals surface area contributed by atoms with Crippen LogP contribution in [-0.2, 0) is 13.8 Å². The van der Waals surface area contributed by atoms with Crippen LogP contribution in [0.3, 0.4) is 0 Å². The van der Waals surface area contributed by atoms with Crippen LogP contribution < -0.4 is 19.5 Å². The predicted molar refractivity (Wildman–Crippen MR) is 131 cm³/mol. The van der Waals surface area contributed by atoms with Gasteiger partial charge in [0.25, 0.3) is 0 Å². The van der Waals surface area contributed by atoms with E-state index in [0.717, 1.165) is 5.69 Å². The van der Waals surface area contributed by atoms with Crippen LogP contribution in [0.25, 0.3) is 5.69 Å². The fraction of sp³-hybridized carbons (Fsp3) is 0.333. The number of fused-ring (bicyclic) bond motifs is 1. The molecule has 0 saturated carbocycles. The zero-order chi connectivity index (χ0) is 24.6. The van der Waals surface area contributed by atoms with E-state index in [9.17, 15) is 4.57 Å². The molecular weight excluding hydrogens is 471 g/mol. The summed E-state index contributed by atoms with van der Waals surface area (Å²) >= 11 is 0. The molecule has 1 fully saturated rings. The van der Waals surface area contributed by atoms with Crippen LogP contribution in [0.2, 0.25) is 0 Å². The van der Waals surface area contributed by atoms with Crippen molar-refractivity contribution in [3.63, 3.8) is 0 Å². The second kappa shape index (κ2) is 9.37. The van der Waals surface area contributed by atoms with Gasteiger partial charge < -0.3 is 23.5 Å². The molecule has 10 nitrogen and oxygen atoms in total. The number of aromatic nitrogens is 2. The average molecular weight is 498 g/mol. The Bertz CT molecular complexity index is 1290. The van der Waals surface area contributed by atoms with Crippen LogP contribution in [0.15, 0.2) is 47.5 Å². The van der Waals surface area contributed by atoms with Crippen LogP contribution >= 0.6 is 7.52 Å². The lowest BCUT2D eigenvalue weighted by Gasteiger charge is -2.35. The van der Waals surface area contributed by atoms with Crippen LogP contribution in [-0.4, -0.2) is 68.0 Å². The number of hydrogen-bond donors (Lipinski definition) is 0. The number of aryl methyl sites for hydroxylation is 1. The van der Waals surface area contributed by atoms with E-state index < -0.39 is 7.52 Å². The van der Waals surface area contributed by atoms with Gasteiger partial charge in [-0.25, -0.2) is 9.35 Å². The molecule has 2 aliphatic rings. The number of ether oxygens (including phenoxy) is 4. The molecule has 1 saturated heterocycles. The summed E-state index contributed by atoms with van der Waals surface area (Å²) in [6, 6.07) is 13.1. The molecule has 0 amide bonds. The van der Waals surface area contributed by atoms with Crippen LogP contribution in [0.5, 0.6) is 17.2 Å². The maximum atomic E-state index is 14.7. The minimum absolute atomic E-state index is 0.184. The van der Waals surface area contributed by atoms with Gasteiger partial charge in [0.05, 0.1) is 45.9 Å². The number of aliphatic imine (C=N–C) groups is 1. The minimum atomic E-state index is -3.58. The first-order valence-corrected chi connectivity index (χ1v) is 12.8. The number of morpholine rings is 1. The van der Waals surface area contributed by atoms with Gasteiger partial charge in [-0.05, 0) is 31.2 Å². The molecule has 35 heavy (non-hydrogen) atoms. The van der Waals surface area contributed by atoms with E-state index in [1.807, 2.05) is 41.9 Å². The minimum Gasteiger partial charge on any atom is -0.493 e. The van der Waals surface area contributed by atoms with Gasteiger partial charge in [0.1, 0.15) is 5.30 Å². The average Bonchev–Trinajstić information content (AvgIpc) is 3.25. The third-order valence-electron chi connectivity index (χ3n) is 5.98. The van der Waals surface area contributed by atoms with Crippen molar-refractivity contribution in [2.24, 2.45) is 4.99 Å². The van der Waals surface area contributed by atoms with Gasteiger partial charge in [-0.15, -0.1) is 0 Å². The maximum Gasteiger partial charge on any atom is 0.356 e. The molecule has 3 heterocycles. The molecular formula is C24H27N4O6P. The normalized spacial score (nSPS) is 19.9. The van der Waals surface area contributed by atoms with Gasteiger partial charge in [0.15, 0.2) is 17.3 Å². The molecule has 0 N–H and O–H groups in total. The van der Waals surface area contributed by atoms with Crippen LogP contribution in [0.1, 0.15) is 11.3 Å². The van der Waals surface area contributed by atoms with Gasteiger partial charge in [-0.3, -0.25) is 4.57 Å². The summed E-state index contributed by atoms with van der Waals surface area (Å²) in [5, 5.41) is 5.21. The summed E-state index contributed by atoms with van der Waals surface area (Å²) in [6.45, 7) is 3.69. The van der Waals surface area contributed by atoms with E-state index >= 15 is 0 Å². The highest BCUT2D eigenvalue weighted by Gasteiger charge is 2.46. The number of hydrogen-bond acceptors (Lipinski definition) is 8. The largest absolute Gasteiger partial charge is 0.493 e. The molecule has 0 aliphatic carbocycles. The van der Waals surface area contributed by atoms with Crippen molar-refractivity contribution in [2.75, 3.05) is 47.6 Å². The summed E-state index contributed by atoms with van der Waals surface area (Å²) < 4.78 is 46.6. The quantitative estimate of drug-likeness (QED) is 0.477. The van der Waals surface area contributed by atoms with Gasteiger partial charge in [0.2, 0.25) is 11.6 Å². The van der Waals surface area contributed by atoms with Crippen molar-refractivity contribution in [1.29, 1.82) is 0 Å². The second-order valence-electron chi connectivity index (χ2n) is 8.01. The topological polar surface area (TPSA) is 96.6 Å². The van der Waals surface area contributed by atoms with Gasteiger partial charge >= 0.3 is 7.52 Å². The summed E-state index contributed by atoms with van der Waals surface area (Å²) in [6.07, 6.45) is 0. The van der Waals surface area contributed by atoms with E-state index in [1.165, 1.54) is 21.3 Å². The molecule has 0 bridgehead atoms. The smallest absolute Gasteiger partial charge is 0.356 e. The standard InChI is InChI=1S/C24H27N4O6P/c1-16-22-23(28(26-16)18-8-6-5-7-9-18)25-24(34-35(22,29)27-10-12-33-13-11-27)17-14-19(30-2)21(32-4)20(15-17)31-3/h5-9,14-15H,10-13H2,1-4H3/t35-/m0/s1. The molecule has 5 rings (SSSR count). The SMILES string of the molecule is COc1cc(C2=Nc3c(c(C)nn3-c3ccccc3)[P@@](=O)(N3CCOCC3)O2)cc(OC)c1OC. The molecule has 2 aliphatic heterocycles. The van der Waals surface area contributed by atoms with Crippen molar-refractivity contribution in [1.82, 2.24) is 14.5 Å². The van der Waals surface area contributed by atoms with Crippen molar-refractivity contribution < 1.29 is 28.0 Å². The molecule has 0 spiro atoms. The molecule has 1 aromatic heterocycles.